The van der Waals surface area contributed by atoms with E-state index in [-0.39, 0.29) is 0 Å². The molecular formula is C7H6F3N3O2. The average molecular weight is 221 g/mol. The van der Waals surface area contributed by atoms with E-state index in [0.717, 1.165) is 0 Å². The summed E-state index contributed by atoms with van der Waals surface area (Å²) in [5, 5.41) is 10.5. The molecule has 0 amide bonds. The molecule has 0 radical (unpaired) electrons. The second-order valence-electron chi connectivity index (χ2n) is 2.58. The predicted molar refractivity (Wildman–Crippen MR) is 43.7 cm³/mol. The summed E-state index contributed by atoms with van der Waals surface area (Å²) in [5.74, 6) is -1.06. The van der Waals surface area contributed by atoms with E-state index in [1.165, 1.54) is 0 Å². The van der Waals surface area contributed by atoms with Gasteiger partial charge in [-0.25, -0.2) is 18.2 Å². The maximum atomic E-state index is 13.0. The van der Waals surface area contributed by atoms with Crippen molar-refractivity contribution in [3.63, 3.8) is 0 Å². The monoisotopic (exact) mass is 221 g/mol. The van der Waals surface area contributed by atoms with Gasteiger partial charge in [-0.1, -0.05) is 0 Å². The van der Waals surface area contributed by atoms with Crippen LogP contribution in [0.5, 0.6) is 0 Å². The number of nitrogens with zero attached hydrogens (tertiary/aromatic N) is 2. The van der Waals surface area contributed by atoms with Crippen LogP contribution in [0.25, 0.3) is 0 Å². The van der Waals surface area contributed by atoms with Crippen molar-refractivity contribution in [2.75, 3.05) is 0 Å². The number of aromatic nitrogens is 1. The Kier molecular flexibility index (Phi) is 3.20. The van der Waals surface area contributed by atoms with Crippen LogP contribution in [0.15, 0.2) is 6.20 Å². The molecular weight excluding hydrogens is 215 g/mol. The summed E-state index contributed by atoms with van der Waals surface area (Å²) in [6.07, 6.45) is -2.65. The topological polar surface area (TPSA) is 82.0 Å². The lowest BCUT2D eigenvalue weighted by molar-refractivity contribution is -0.387. The first-order valence-electron chi connectivity index (χ1n) is 3.79. The quantitative estimate of drug-likeness (QED) is 0.619. The van der Waals surface area contributed by atoms with Gasteiger partial charge in [0.15, 0.2) is 11.5 Å². The number of hydrogen-bond donors (Lipinski definition) is 1. The minimum atomic E-state index is -3.14. The molecule has 0 atom stereocenters. The molecule has 8 heteroatoms. The minimum absolute atomic E-state index is 0.497. The molecule has 0 aromatic carbocycles. The van der Waals surface area contributed by atoms with Gasteiger partial charge in [-0.05, 0) is 0 Å². The Morgan fingerprint density at radius 1 is 1.60 bits per heavy atom. The molecule has 82 valence electrons. The number of alkyl halides is 2. The summed E-state index contributed by atoms with van der Waals surface area (Å²) in [7, 11) is 0. The summed E-state index contributed by atoms with van der Waals surface area (Å²) >= 11 is 0. The lowest BCUT2D eigenvalue weighted by Gasteiger charge is -2.05. The van der Waals surface area contributed by atoms with E-state index in [1.807, 2.05) is 0 Å². The van der Waals surface area contributed by atoms with Crippen molar-refractivity contribution in [2.24, 2.45) is 5.73 Å². The highest BCUT2D eigenvalue weighted by molar-refractivity contribution is 5.45. The fourth-order valence-corrected chi connectivity index (χ4v) is 1.09. The van der Waals surface area contributed by atoms with E-state index in [4.69, 9.17) is 5.73 Å². The van der Waals surface area contributed by atoms with Crippen molar-refractivity contribution < 1.29 is 18.1 Å². The number of rotatable bonds is 3. The van der Waals surface area contributed by atoms with E-state index in [9.17, 15) is 23.3 Å². The zero-order chi connectivity index (χ0) is 11.6. The van der Waals surface area contributed by atoms with Gasteiger partial charge >= 0.3 is 5.69 Å². The van der Waals surface area contributed by atoms with Crippen LogP contribution in [-0.4, -0.2) is 9.91 Å². The first kappa shape index (κ1) is 11.4. The molecule has 0 aliphatic heterocycles. The van der Waals surface area contributed by atoms with Gasteiger partial charge in [0.2, 0.25) is 0 Å². The molecule has 1 rings (SSSR count). The van der Waals surface area contributed by atoms with Crippen molar-refractivity contribution in [2.45, 2.75) is 13.0 Å². The third-order valence-corrected chi connectivity index (χ3v) is 1.73. The molecule has 0 bridgehead atoms. The van der Waals surface area contributed by atoms with Gasteiger partial charge in [0.25, 0.3) is 6.43 Å². The van der Waals surface area contributed by atoms with Crippen LogP contribution in [0.1, 0.15) is 17.7 Å². The third-order valence-electron chi connectivity index (χ3n) is 1.73. The molecule has 1 heterocycles. The number of nitro groups is 1. The molecule has 0 fully saturated rings. The second kappa shape index (κ2) is 4.22. The average Bonchev–Trinajstić information content (AvgIpc) is 2.16. The number of pyridine rings is 1. The van der Waals surface area contributed by atoms with Crippen LogP contribution in [0.4, 0.5) is 18.9 Å². The standard InChI is InChI=1S/C7H6F3N3O2/c8-4-2-12-5(7(9)10)6(13(14)15)3(4)1-11/h2,7H,1,11H2. The summed E-state index contributed by atoms with van der Waals surface area (Å²) in [6.45, 7) is -0.537. The summed E-state index contributed by atoms with van der Waals surface area (Å²) in [6, 6.07) is 0. The number of nitrogens with two attached hydrogens (primary N) is 1. The van der Waals surface area contributed by atoms with Gasteiger partial charge in [-0.15, -0.1) is 0 Å². The maximum Gasteiger partial charge on any atom is 0.304 e. The largest absolute Gasteiger partial charge is 0.326 e. The van der Waals surface area contributed by atoms with Gasteiger partial charge in [-0.3, -0.25) is 10.1 Å². The van der Waals surface area contributed by atoms with Crippen LogP contribution in [0.2, 0.25) is 0 Å². The summed E-state index contributed by atoms with van der Waals surface area (Å²) in [4.78, 5) is 12.3. The van der Waals surface area contributed by atoms with Crippen LogP contribution in [-0.2, 0) is 6.54 Å². The lowest BCUT2D eigenvalue weighted by Crippen LogP contribution is -2.09. The highest BCUT2D eigenvalue weighted by Gasteiger charge is 2.29. The Labute approximate surface area is 81.9 Å². The molecule has 1 aromatic rings. The predicted octanol–water partition coefficient (Wildman–Crippen LogP) is 1.53. The van der Waals surface area contributed by atoms with Crippen molar-refractivity contribution in [3.8, 4) is 0 Å². The van der Waals surface area contributed by atoms with Crippen LogP contribution in [0, 0.1) is 15.9 Å². The second-order valence-corrected chi connectivity index (χ2v) is 2.58. The summed E-state index contributed by atoms with van der Waals surface area (Å²) in [5.41, 5.74) is 2.36. The molecule has 0 aliphatic rings. The molecule has 1 aromatic heterocycles. The smallest absolute Gasteiger partial charge is 0.304 e. The molecule has 0 saturated carbocycles. The van der Waals surface area contributed by atoms with Crippen LogP contribution >= 0.6 is 0 Å². The Morgan fingerprint density at radius 2 is 2.20 bits per heavy atom. The molecule has 0 spiro atoms. The zero-order valence-electron chi connectivity index (χ0n) is 7.28. The van der Waals surface area contributed by atoms with Gasteiger partial charge < -0.3 is 5.73 Å². The highest BCUT2D eigenvalue weighted by Crippen LogP contribution is 2.30. The van der Waals surface area contributed by atoms with Crippen molar-refractivity contribution in [1.29, 1.82) is 0 Å². The third kappa shape index (κ3) is 2.04. The fourth-order valence-electron chi connectivity index (χ4n) is 1.09. The van der Waals surface area contributed by atoms with Gasteiger partial charge in [0.1, 0.15) is 0 Å². The minimum Gasteiger partial charge on any atom is -0.326 e. The summed E-state index contributed by atoms with van der Waals surface area (Å²) < 4.78 is 37.6. The van der Waals surface area contributed by atoms with Crippen molar-refractivity contribution >= 4 is 5.69 Å². The zero-order valence-corrected chi connectivity index (χ0v) is 7.28. The molecule has 0 unspecified atom stereocenters. The highest BCUT2D eigenvalue weighted by atomic mass is 19.3. The lowest BCUT2D eigenvalue weighted by atomic mass is 10.1. The van der Waals surface area contributed by atoms with Gasteiger partial charge in [0, 0.05) is 6.54 Å². The molecule has 5 nitrogen and oxygen atoms in total. The molecule has 15 heavy (non-hydrogen) atoms. The van der Waals surface area contributed by atoms with E-state index < -0.39 is 40.7 Å². The Hall–Kier alpha value is -1.70. The van der Waals surface area contributed by atoms with E-state index in [1.54, 1.807) is 0 Å². The van der Waals surface area contributed by atoms with Crippen LogP contribution < -0.4 is 5.73 Å². The van der Waals surface area contributed by atoms with Crippen molar-refractivity contribution in [3.05, 3.63) is 33.4 Å². The van der Waals surface area contributed by atoms with Crippen LogP contribution in [0.3, 0.4) is 0 Å². The normalized spacial score (nSPS) is 10.7. The number of halogens is 3. The maximum absolute atomic E-state index is 13.0. The Balaban J connectivity index is 3.49. The number of hydrogen-bond acceptors (Lipinski definition) is 4. The molecule has 0 saturated heterocycles. The van der Waals surface area contributed by atoms with Crippen molar-refractivity contribution in [1.82, 2.24) is 4.98 Å². The first-order chi connectivity index (χ1) is 6.99. The Morgan fingerprint density at radius 3 is 2.60 bits per heavy atom. The molecule has 2 N–H and O–H groups in total. The van der Waals surface area contributed by atoms with Gasteiger partial charge in [-0.2, -0.15) is 0 Å². The Bertz CT molecular complexity index is 397. The van der Waals surface area contributed by atoms with E-state index in [0.29, 0.717) is 6.20 Å². The fraction of sp³-hybridized carbons (Fsp3) is 0.286. The SMILES string of the molecule is NCc1c(F)cnc(C(F)F)c1[N+](=O)[O-]. The van der Waals surface area contributed by atoms with E-state index >= 15 is 0 Å². The first-order valence-corrected chi connectivity index (χ1v) is 3.79. The van der Waals surface area contributed by atoms with E-state index in [2.05, 4.69) is 4.98 Å². The van der Waals surface area contributed by atoms with Gasteiger partial charge in [0.05, 0.1) is 16.7 Å². The molecule has 0 aliphatic carbocycles.